The van der Waals surface area contributed by atoms with E-state index < -0.39 is 14.6 Å². The Balaban J connectivity index is 2.09. The zero-order chi connectivity index (χ0) is 14.1. The standard InChI is InChI=1S/C11H18N4O3S/c1-15-9(7-13-14-15)10(16)12-8-11(19(2,17)18)5-3-4-6-11/h7H,3-6,8H2,1-2H3,(H,12,16). The maximum Gasteiger partial charge on any atom is 0.271 e. The number of hydrogen-bond donors (Lipinski definition) is 1. The Labute approximate surface area is 112 Å². The highest BCUT2D eigenvalue weighted by Gasteiger charge is 2.43. The number of carbonyl (C=O) groups excluding carboxylic acids is 1. The van der Waals surface area contributed by atoms with Crippen LogP contribution in [0.25, 0.3) is 0 Å². The molecule has 0 atom stereocenters. The molecule has 1 heterocycles. The molecule has 2 rings (SSSR count). The maximum atomic E-state index is 11.9. The maximum absolute atomic E-state index is 11.9. The third-order valence-electron chi connectivity index (χ3n) is 3.82. The summed E-state index contributed by atoms with van der Waals surface area (Å²) in [6, 6.07) is 0. The highest BCUT2D eigenvalue weighted by Crippen LogP contribution is 2.35. The number of aryl methyl sites for hydroxylation is 1. The molecule has 1 aliphatic carbocycles. The minimum absolute atomic E-state index is 0.149. The van der Waals surface area contributed by atoms with Crippen LogP contribution in [0.5, 0.6) is 0 Å². The normalized spacial score (nSPS) is 18.4. The highest BCUT2D eigenvalue weighted by atomic mass is 32.2. The Morgan fingerprint density at radius 1 is 1.47 bits per heavy atom. The van der Waals surface area contributed by atoms with Crippen LogP contribution in [0.3, 0.4) is 0 Å². The van der Waals surface area contributed by atoms with Gasteiger partial charge in [0.2, 0.25) is 0 Å². The number of hydrogen-bond acceptors (Lipinski definition) is 5. The average Bonchev–Trinajstić information content (AvgIpc) is 2.94. The van der Waals surface area contributed by atoms with Gasteiger partial charge >= 0.3 is 0 Å². The van der Waals surface area contributed by atoms with Crippen molar-refractivity contribution in [2.45, 2.75) is 30.4 Å². The molecule has 1 fully saturated rings. The largest absolute Gasteiger partial charge is 0.349 e. The first-order valence-electron chi connectivity index (χ1n) is 6.18. The van der Waals surface area contributed by atoms with E-state index in [2.05, 4.69) is 15.6 Å². The first-order valence-corrected chi connectivity index (χ1v) is 8.07. The number of aromatic nitrogens is 3. The van der Waals surface area contributed by atoms with Gasteiger partial charge in [-0.25, -0.2) is 13.1 Å². The van der Waals surface area contributed by atoms with E-state index in [1.807, 2.05) is 0 Å². The fourth-order valence-corrected chi connectivity index (χ4v) is 3.89. The number of nitrogens with one attached hydrogen (secondary N) is 1. The van der Waals surface area contributed by atoms with Gasteiger partial charge in [0.1, 0.15) is 5.69 Å². The fraction of sp³-hybridized carbons (Fsp3) is 0.727. The van der Waals surface area contributed by atoms with E-state index in [0.717, 1.165) is 12.8 Å². The van der Waals surface area contributed by atoms with Crippen LogP contribution in [-0.2, 0) is 16.9 Å². The van der Waals surface area contributed by atoms with Crippen molar-refractivity contribution in [2.24, 2.45) is 7.05 Å². The number of nitrogens with zero attached hydrogens (tertiary/aromatic N) is 3. The second-order valence-electron chi connectivity index (χ2n) is 5.09. The van der Waals surface area contributed by atoms with Crippen LogP contribution in [0.15, 0.2) is 6.20 Å². The summed E-state index contributed by atoms with van der Waals surface area (Å²) in [7, 11) is -1.58. The third-order valence-corrected chi connectivity index (χ3v) is 5.95. The fourth-order valence-electron chi connectivity index (χ4n) is 2.53. The summed E-state index contributed by atoms with van der Waals surface area (Å²) in [6.45, 7) is 0.149. The second-order valence-corrected chi connectivity index (χ2v) is 7.50. The van der Waals surface area contributed by atoms with Gasteiger partial charge in [-0.3, -0.25) is 4.79 Å². The molecule has 0 saturated heterocycles. The van der Waals surface area contributed by atoms with Gasteiger partial charge in [0.05, 0.1) is 10.9 Å². The van der Waals surface area contributed by atoms with Crippen molar-refractivity contribution < 1.29 is 13.2 Å². The van der Waals surface area contributed by atoms with Crippen molar-refractivity contribution in [3.05, 3.63) is 11.9 Å². The van der Waals surface area contributed by atoms with Gasteiger partial charge in [-0.1, -0.05) is 18.1 Å². The lowest BCUT2D eigenvalue weighted by Gasteiger charge is -2.27. The van der Waals surface area contributed by atoms with E-state index >= 15 is 0 Å². The Morgan fingerprint density at radius 3 is 2.58 bits per heavy atom. The van der Waals surface area contributed by atoms with Crippen molar-refractivity contribution in [3.63, 3.8) is 0 Å². The number of sulfone groups is 1. The smallest absolute Gasteiger partial charge is 0.271 e. The molecule has 1 saturated carbocycles. The second kappa shape index (κ2) is 4.92. The molecule has 0 bridgehead atoms. The Bertz CT molecular complexity index is 573. The molecule has 8 heteroatoms. The summed E-state index contributed by atoms with van der Waals surface area (Å²) in [5.41, 5.74) is 0.321. The molecule has 19 heavy (non-hydrogen) atoms. The average molecular weight is 286 g/mol. The molecule has 0 aromatic carbocycles. The lowest BCUT2D eigenvalue weighted by molar-refractivity contribution is 0.0940. The first kappa shape index (κ1) is 14.0. The van der Waals surface area contributed by atoms with Crippen molar-refractivity contribution >= 4 is 15.7 Å². The van der Waals surface area contributed by atoms with Crippen molar-refractivity contribution in [3.8, 4) is 0 Å². The lowest BCUT2D eigenvalue weighted by Crippen LogP contribution is -2.46. The molecular formula is C11H18N4O3S. The van der Waals surface area contributed by atoms with Crippen molar-refractivity contribution in [1.82, 2.24) is 20.3 Å². The highest BCUT2D eigenvalue weighted by molar-refractivity contribution is 7.92. The number of carbonyl (C=O) groups is 1. The molecule has 0 spiro atoms. The molecule has 1 amide bonds. The van der Waals surface area contributed by atoms with E-state index in [-0.39, 0.29) is 12.5 Å². The van der Waals surface area contributed by atoms with Gasteiger partial charge in [0.25, 0.3) is 5.91 Å². The SMILES string of the molecule is Cn1nncc1C(=O)NCC1(S(C)(=O)=O)CCCC1. The van der Waals surface area contributed by atoms with Gasteiger partial charge in [0.15, 0.2) is 9.84 Å². The molecule has 0 aliphatic heterocycles. The van der Waals surface area contributed by atoms with Crippen molar-refractivity contribution in [2.75, 3.05) is 12.8 Å². The van der Waals surface area contributed by atoms with Gasteiger partial charge in [-0.05, 0) is 12.8 Å². The molecule has 0 radical (unpaired) electrons. The van der Waals surface area contributed by atoms with E-state index in [9.17, 15) is 13.2 Å². The van der Waals surface area contributed by atoms with Crippen LogP contribution in [0, 0.1) is 0 Å². The Kier molecular flexibility index (Phi) is 3.62. The summed E-state index contributed by atoms with van der Waals surface area (Å²) in [5.74, 6) is -0.345. The quantitative estimate of drug-likeness (QED) is 0.834. The molecule has 7 nitrogen and oxygen atoms in total. The van der Waals surface area contributed by atoms with Crippen LogP contribution in [-0.4, -0.2) is 46.9 Å². The zero-order valence-electron chi connectivity index (χ0n) is 11.1. The van der Waals surface area contributed by atoms with Crippen molar-refractivity contribution in [1.29, 1.82) is 0 Å². The molecule has 106 valence electrons. The minimum Gasteiger partial charge on any atom is -0.349 e. The molecule has 1 aromatic rings. The van der Waals surface area contributed by atoms with Crippen LogP contribution in [0.4, 0.5) is 0 Å². The van der Waals surface area contributed by atoms with Gasteiger partial charge in [-0.15, -0.1) is 5.10 Å². The molecule has 1 aliphatic rings. The van der Waals surface area contributed by atoms with E-state index in [0.29, 0.717) is 18.5 Å². The predicted octanol–water partition coefficient (Wildman–Crippen LogP) is -0.0977. The monoisotopic (exact) mass is 286 g/mol. The first-order chi connectivity index (χ1) is 8.86. The zero-order valence-corrected chi connectivity index (χ0v) is 11.9. The van der Waals surface area contributed by atoms with Gasteiger partial charge < -0.3 is 5.32 Å². The van der Waals surface area contributed by atoms with Crippen LogP contribution < -0.4 is 5.32 Å². The molecular weight excluding hydrogens is 268 g/mol. The van der Waals surface area contributed by atoms with Gasteiger partial charge in [-0.2, -0.15) is 0 Å². The predicted molar refractivity (Wildman–Crippen MR) is 69.4 cm³/mol. The summed E-state index contributed by atoms with van der Waals surface area (Å²) in [6.07, 6.45) is 5.59. The molecule has 1 N–H and O–H groups in total. The topological polar surface area (TPSA) is 93.9 Å². The number of amides is 1. The minimum atomic E-state index is -3.19. The Morgan fingerprint density at radius 2 is 2.11 bits per heavy atom. The van der Waals surface area contributed by atoms with Gasteiger partial charge in [0, 0.05) is 19.8 Å². The lowest BCUT2D eigenvalue weighted by atomic mass is 10.1. The summed E-state index contributed by atoms with van der Waals surface area (Å²) >= 11 is 0. The summed E-state index contributed by atoms with van der Waals surface area (Å²) in [4.78, 5) is 11.9. The number of rotatable bonds is 4. The van der Waals surface area contributed by atoms with Crippen LogP contribution in [0.1, 0.15) is 36.2 Å². The molecule has 0 unspecified atom stereocenters. The van der Waals surface area contributed by atoms with E-state index in [1.54, 1.807) is 7.05 Å². The molecule has 1 aromatic heterocycles. The summed E-state index contributed by atoms with van der Waals surface area (Å²) in [5, 5.41) is 9.99. The third kappa shape index (κ3) is 2.63. The van der Waals surface area contributed by atoms with E-state index in [1.165, 1.54) is 17.1 Å². The van der Waals surface area contributed by atoms with Crippen LogP contribution in [0.2, 0.25) is 0 Å². The van der Waals surface area contributed by atoms with Crippen LogP contribution >= 0.6 is 0 Å². The van der Waals surface area contributed by atoms with E-state index in [4.69, 9.17) is 0 Å². The summed E-state index contributed by atoms with van der Waals surface area (Å²) < 4.78 is 24.4. The Hall–Kier alpha value is -1.44.